The van der Waals surface area contributed by atoms with Crippen molar-refractivity contribution < 1.29 is 4.74 Å². The van der Waals surface area contributed by atoms with Crippen LogP contribution in [0.25, 0.3) is 0 Å². The van der Waals surface area contributed by atoms with Crippen molar-refractivity contribution in [3.8, 4) is 5.75 Å². The molecule has 0 aliphatic carbocycles. The van der Waals surface area contributed by atoms with Crippen molar-refractivity contribution in [2.75, 3.05) is 17.8 Å². The second-order valence-electron chi connectivity index (χ2n) is 3.86. The molecule has 0 aliphatic rings. The number of nitrogens with two attached hydrogens (primary N) is 1. The van der Waals surface area contributed by atoms with Crippen LogP contribution in [0.1, 0.15) is 6.92 Å². The molecule has 2 rings (SSSR count). The third-order valence-corrected chi connectivity index (χ3v) is 2.38. The fourth-order valence-corrected chi connectivity index (χ4v) is 1.52. The molecule has 0 heterocycles. The van der Waals surface area contributed by atoms with E-state index in [9.17, 15) is 0 Å². The Labute approximate surface area is 112 Å². The number of rotatable bonds is 5. The number of anilines is 2. The molecule has 5 heteroatoms. The fraction of sp³-hybridized carbons (Fsp3) is 0.143. The molecule has 0 amide bonds. The van der Waals surface area contributed by atoms with E-state index in [1.54, 1.807) is 6.07 Å². The Balaban J connectivity index is 1.95. The molecule has 5 nitrogen and oxygen atoms in total. The molecule has 0 aromatic heterocycles. The maximum atomic E-state index is 5.66. The van der Waals surface area contributed by atoms with Gasteiger partial charge in [0.1, 0.15) is 5.75 Å². The van der Waals surface area contributed by atoms with Crippen LogP contribution in [0.3, 0.4) is 0 Å². The van der Waals surface area contributed by atoms with Crippen molar-refractivity contribution in [1.29, 1.82) is 0 Å². The van der Waals surface area contributed by atoms with Gasteiger partial charge in [-0.15, -0.1) is 5.11 Å². The van der Waals surface area contributed by atoms with Gasteiger partial charge in [-0.3, -0.25) is 5.43 Å². The minimum absolute atomic E-state index is 0.651. The molecule has 0 saturated heterocycles. The summed E-state index contributed by atoms with van der Waals surface area (Å²) in [7, 11) is 0. The van der Waals surface area contributed by atoms with Crippen LogP contribution in [0.15, 0.2) is 58.9 Å². The minimum Gasteiger partial charge on any atom is -0.494 e. The monoisotopic (exact) mass is 256 g/mol. The molecular weight excluding hydrogens is 240 g/mol. The zero-order valence-corrected chi connectivity index (χ0v) is 10.7. The van der Waals surface area contributed by atoms with E-state index in [4.69, 9.17) is 10.5 Å². The maximum absolute atomic E-state index is 5.66. The first-order chi connectivity index (χ1) is 9.28. The van der Waals surface area contributed by atoms with Gasteiger partial charge < -0.3 is 10.5 Å². The Kier molecular flexibility index (Phi) is 4.34. The molecule has 0 fully saturated rings. The summed E-state index contributed by atoms with van der Waals surface area (Å²) in [5.41, 5.74) is 10.7. The van der Waals surface area contributed by atoms with Crippen LogP contribution < -0.4 is 15.9 Å². The predicted octanol–water partition coefficient (Wildman–Crippen LogP) is 3.78. The van der Waals surface area contributed by atoms with Gasteiger partial charge in [-0.25, -0.2) is 0 Å². The zero-order chi connectivity index (χ0) is 13.5. The van der Waals surface area contributed by atoms with Gasteiger partial charge in [-0.05, 0) is 49.4 Å². The lowest BCUT2D eigenvalue weighted by Gasteiger charge is -2.02. The first kappa shape index (κ1) is 12.9. The van der Waals surface area contributed by atoms with Crippen LogP contribution in [0.5, 0.6) is 5.75 Å². The second kappa shape index (κ2) is 6.39. The fourth-order valence-electron chi connectivity index (χ4n) is 1.52. The molecule has 98 valence electrons. The van der Waals surface area contributed by atoms with Crippen LogP contribution in [0.4, 0.5) is 17.1 Å². The summed E-state index contributed by atoms with van der Waals surface area (Å²) in [5.74, 6) is 0.824. The third-order valence-electron chi connectivity index (χ3n) is 2.38. The number of nitrogens with one attached hydrogen (secondary N) is 1. The van der Waals surface area contributed by atoms with Crippen LogP contribution in [0.2, 0.25) is 0 Å². The quantitative estimate of drug-likeness (QED) is 0.486. The van der Waals surface area contributed by atoms with E-state index in [0.29, 0.717) is 12.3 Å². The van der Waals surface area contributed by atoms with Crippen molar-refractivity contribution in [3.05, 3.63) is 48.5 Å². The van der Waals surface area contributed by atoms with Crippen molar-refractivity contribution in [2.24, 2.45) is 10.3 Å². The van der Waals surface area contributed by atoms with Crippen LogP contribution in [0, 0.1) is 0 Å². The van der Waals surface area contributed by atoms with E-state index >= 15 is 0 Å². The van der Waals surface area contributed by atoms with E-state index in [1.807, 2.05) is 49.4 Å². The summed E-state index contributed by atoms with van der Waals surface area (Å²) >= 11 is 0. The highest BCUT2D eigenvalue weighted by Gasteiger charge is 1.93. The lowest BCUT2D eigenvalue weighted by Crippen LogP contribution is -1.90. The smallest absolute Gasteiger partial charge is 0.119 e. The molecule has 2 aromatic rings. The number of nitrogens with zero attached hydrogens (tertiary/aromatic N) is 2. The second-order valence-corrected chi connectivity index (χ2v) is 3.86. The maximum Gasteiger partial charge on any atom is 0.119 e. The lowest BCUT2D eigenvalue weighted by atomic mass is 10.3. The van der Waals surface area contributed by atoms with E-state index in [0.717, 1.165) is 17.1 Å². The summed E-state index contributed by atoms with van der Waals surface area (Å²) < 4.78 is 5.35. The zero-order valence-electron chi connectivity index (χ0n) is 10.7. The van der Waals surface area contributed by atoms with Crippen molar-refractivity contribution in [2.45, 2.75) is 6.92 Å². The third kappa shape index (κ3) is 3.99. The standard InChI is InChI=1S/C14H16N4O/c1-2-19-14-8-6-12(7-9-14)16-18-17-13-5-3-4-11(15)10-13/h3-10H,2,15H2,1H3,(H,16,17). The topological polar surface area (TPSA) is 72.0 Å². The number of ether oxygens (including phenoxy) is 1. The molecule has 0 aliphatic heterocycles. The highest BCUT2D eigenvalue weighted by molar-refractivity contribution is 5.53. The molecule has 0 atom stereocenters. The highest BCUT2D eigenvalue weighted by Crippen LogP contribution is 2.19. The van der Waals surface area contributed by atoms with Gasteiger partial charge in [0.15, 0.2) is 0 Å². The molecule has 0 spiro atoms. The van der Waals surface area contributed by atoms with E-state index in [1.165, 1.54) is 0 Å². The summed E-state index contributed by atoms with van der Waals surface area (Å²) in [6.45, 7) is 2.60. The van der Waals surface area contributed by atoms with Gasteiger partial charge in [0.2, 0.25) is 0 Å². The molecule has 0 unspecified atom stereocenters. The average Bonchev–Trinajstić information content (AvgIpc) is 2.41. The number of benzene rings is 2. The van der Waals surface area contributed by atoms with Crippen LogP contribution in [-0.4, -0.2) is 6.61 Å². The number of nitrogen functional groups attached to an aromatic ring is 1. The van der Waals surface area contributed by atoms with E-state index in [-0.39, 0.29) is 0 Å². The van der Waals surface area contributed by atoms with Crippen molar-refractivity contribution in [3.63, 3.8) is 0 Å². The molecule has 0 radical (unpaired) electrons. The molecule has 3 N–H and O–H groups in total. The minimum atomic E-state index is 0.651. The first-order valence-corrected chi connectivity index (χ1v) is 6.03. The van der Waals surface area contributed by atoms with Gasteiger partial charge >= 0.3 is 0 Å². The predicted molar refractivity (Wildman–Crippen MR) is 76.6 cm³/mol. The van der Waals surface area contributed by atoms with Crippen LogP contribution in [-0.2, 0) is 0 Å². The molecule has 2 aromatic carbocycles. The lowest BCUT2D eigenvalue weighted by molar-refractivity contribution is 0.340. The summed E-state index contributed by atoms with van der Waals surface area (Å²) in [6.07, 6.45) is 0. The highest BCUT2D eigenvalue weighted by atomic mass is 16.5. The average molecular weight is 256 g/mol. The molecule has 0 bridgehead atoms. The Bertz CT molecular complexity index is 552. The normalized spacial score (nSPS) is 10.6. The van der Waals surface area contributed by atoms with Gasteiger partial charge in [0, 0.05) is 5.69 Å². The summed E-state index contributed by atoms with van der Waals surface area (Å²) in [4.78, 5) is 0. The molecule has 0 saturated carbocycles. The largest absolute Gasteiger partial charge is 0.494 e. The molecular formula is C14H16N4O. The van der Waals surface area contributed by atoms with E-state index in [2.05, 4.69) is 15.8 Å². The van der Waals surface area contributed by atoms with Crippen molar-refractivity contribution >= 4 is 17.1 Å². The first-order valence-electron chi connectivity index (χ1n) is 6.03. The number of hydrogen-bond donors (Lipinski definition) is 2. The van der Waals surface area contributed by atoms with Gasteiger partial charge in [-0.2, -0.15) is 0 Å². The Morgan fingerprint density at radius 1 is 1.16 bits per heavy atom. The van der Waals surface area contributed by atoms with Crippen LogP contribution >= 0.6 is 0 Å². The Morgan fingerprint density at radius 2 is 1.95 bits per heavy atom. The Morgan fingerprint density at radius 3 is 2.63 bits per heavy atom. The van der Waals surface area contributed by atoms with Gasteiger partial charge in [-0.1, -0.05) is 11.3 Å². The SMILES string of the molecule is CCOc1ccc(N=NNc2cccc(N)c2)cc1. The van der Waals surface area contributed by atoms with E-state index < -0.39 is 0 Å². The number of hydrogen-bond acceptors (Lipinski definition) is 4. The summed E-state index contributed by atoms with van der Waals surface area (Å²) in [6, 6.07) is 14.7. The van der Waals surface area contributed by atoms with Gasteiger partial charge in [0.05, 0.1) is 18.0 Å². The summed E-state index contributed by atoms with van der Waals surface area (Å²) in [5, 5.41) is 7.96. The molecule has 19 heavy (non-hydrogen) atoms. The van der Waals surface area contributed by atoms with Crippen molar-refractivity contribution in [1.82, 2.24) is 0 Å². The van der Waals surface area contributed by atoms with Gasteiger partial charge in [0.25, 0.3) is 0 Å². The Hall–Kier alpha value is -2.56.